The van der Waals surface area contributed by atoms with Crippen molar-refractivity contribution in [2.24, 2.45) is 5.92 Å². The fraction of sp³-hybridized carbons (Fsp3) is 0.300. The molecular weight excluding hydrogens is 298 g/mol. The Morgan fingerprint density at radius 3 is 2.83 bits per heavy atom. The maximum atomic E-state index is 12.6. The van der Waals surface area contributed by atoms with Gasteiger partial charge in [-0.3, -0.25) is 9.20 Å². The van der Waals surface area contributed by atoms with Gasteiger partial charge in [-0.2, -0.15) is 0 Å². The van der Waals surface area contributed by atoms with Crippen LogP contribution in [-0.4, -0.2) is 21.8 Å². The molecule has 2 aromatic heterocycles. The number of imidazole rings is 1. The monoisotopic (exact) mass is 318 g/mol. The van der Waals surface area contributed by atoms with E-state index in [4.69, 9.17) is 0 Å². The van der Waals surface area contributed by atoms with E-state index >= 15 is 0 Å². The van der Waals surface area contributed by atoms with E-state index in [1.807, 2.05) is 24.3 Å². The molecule has 3 aromatic rings. The smallest absolute Gasteiger partial charge is 0.268 e. The molecule has 1 aliphatic carbocycles. The Labute approximate surface area is 141 Å². The van der Waals surface area contributed by atoms with Crippen LogP contribution in [0.1, 0.15) is 41.2 Å². The maximum Gasteiger partial charge on any atom is 0.268 e. The molecule has 1 aromatic carbocycles. The van der Waals surface area contributed by atoms with E-state index in [2.05, 4.69) is 40.8 Å². The number of nitrogens with zero attached hydrogens (tertiary/aromatic N) is 2. The van der Waals surface area contributed by atoms with Crippen LogP contribution in [0.3, 0.4) is 0 Å². The SMILES string of the molecule is O=C(NCC(CC1CC1)c1ccccc1)c1cccc2n[c]cn12. The van der Waals surface area contributed by atoms with E-state index in [0.29, 0.717) is 18.2 Å². The fourth-order valence-electron chi connectivity index (χ4n) is 3.20. The number of hydrogen-bond acceptors (Lipinski definition) is 2. The predicted octanol–water partition coefficient (Wildman–Crippen LogP) is 3.45. The molecule has 1 amide bonds. The molecule has 4 heteroatoms. The Morgan fingerprint density at radius 1 is 1.21 bits per heavy atom. The first kappa shape index (κ1) is 14.9. The summed E-state index contributed by atoms with van der Waals surface area (Å²) in [6.07, 6.45) is 8.28. The van der Waals surface area contributed by atoms with Crippen LogP contribution in [0.5, 0.6) is 0 Å². The van der Waals surface area contributed by atoms with Gasteiger partial charge in [-0.25, -0.2) is 4.98 Å². The Bertz CT molecular complexity index is 836. The summed E-state index contributed by atoms with van der Waals surface area (Å²) in [7, 11) is 0. The highest BCUT2D eigenvalue weighted by Crippen LogP contribution is 2.38. The van der Waals surface area contributed by atoms with Gasteiger partial charge in [0.2, 0.25) is 0 Å². The van der Waals surface area contributed by atoms with Crippen molar-refractivity contribution in [3.8, 4) is 0 Å². The number of rotatable bonds is 6. The number of hydrogen-bond donors (Lipinski definition) is 1. The summed E-state index contributed by atoms with van der Waals surface area (Å²) in [4.78, 5) is 16.7. The number of nitrogens with one attached hydrogen (secondary N) is 1. The summed E-state index contributed by atoms with van der Waals surface area (Å²) in [6, 6.07) is 16.0. The lowest BCUT2D eigenvalue weighted by Crippen LogP contribution is -2.30. The summed E-state index contributed by atoms with van der Waals surface area (Å²) in [5, 5.41) is 3.11. The van der Waals surface area contributed by atoms with E-state index in [1.54, 1.807) is 10.6 Å². The first-order valence-corrected chi connectivity index (χ1v) is 8.48. The summed E-state index contributed by atoms with van der Waals surface area (Å²) in [5.41, 5.74) is 2.64. The van der Waals surface area contributed by atoms with Crippen molar-refractivity contribution in [2.75, 3.05) is 6.54 Å². The molecule has 0 bridgehead atoms. The minimum absolute atomic E-state index is 0.0660. The van der Waals surface area contributed by atoms with Crippen molar-refractivity contribution >= 4 is 11.6 Å². The molecule has 1 N–H and O–H groups in total. The molecule has 1 atom stereocenters. The number of carbonyl (C=O) groups is 1. The van der Waals surface area contributed by atoms with Crippen LogP contribution >= 0.6 is 0 Å². The molecule has 0 spiro atoms. The van der Waals surface area contributed by atoms with Gasteiger partial charge in [0.05, 0.1) is 0 Å². The second-order valence-electron chi connectivity index (χ2n) is 6.51. The average Bonchev–Trinajstić information content (AvgIpc) is 3.31. The number of fused-ring (bicyclic) bond motifs is 1. The lowest BCUT2D eigenvalue weighted by atomic mass is 9.93. The highest BCUT2D eigenvalue weighted by Gasteiger charge is 2.26. The van der Waals surface area contributed by atoms with Crippen LogP contribution < -0.4 is 5.32 Å². The third-order valence-corrected chi connectivity index (χ3v) is 4.70. The second-order valence-corrected chi connectivity index (χ2v) is 6.51. The number of amides is 1. The average molecular weight is 318 g/mol. The minimum Gasteiger partial charge on any atom is -0.350 e. The molecule has 1 radical (unpaired) electrons. The van der Waals surface area contributed by atoms with Gasteiger partial charge in [-0.05, 0) is 30.0 Å². The van der Waals surface area contributed by atoms with Crippen LogP contribution in [0.15, 0.2) is 54.7 Å². The highest BCUT2D eigenvalue weighted by molar-refractivity contribution is 5.93. The van der Waals surface area contributed by atoms with Crippen molar-refractivity contribution < 1.29 is 4.79 Å². The zero-order valence-electron chi connectivity index (χ0n) is 13.5. The van der Waals surface area contributed by atoms with Crippen LogP contribution in [0, 0.1) is 12.1 Å². The van der Waals surface area contributed by atoms with Gasteiger partial charge in [0.1, 0.15) is 17.5 Å². The van der Waals surface area contributed by atoms with Crippen molar-refractivity contribution in [3.05, 3.63) is 72.2 Å². The third-order valence-electron chi connectivity index (χ3n) is 4.70. The fourth-order valence-corrected chi connectivity index (χ4v) is 3.20. The van der Waals surface area contributed by atoms with Crippen molar-refractivity contribution in [1.82, 2.24) is 14.7 Å². The van der Waals surface area contributed by atoms with E-state index in [9.17, 15) is 4.79 Å². The normalized spacial score (nSPS) is 15.3. The van der Waals surface area contributed by atoms with Crippen molar-refractivity contribution in [3.63, 3.8) is 0 Å². The van der Waals surface area contributed by atoms with Gasteiger partial charge >= 0.3 is 0 Å². The third kappa shape index (κ3) is 3.18. The predicted molar refractivity (Wildman–Crippen MR) is 92.9 cm³/mol. The van der Waals surface area contributed by atoms with Gasteiger partial charge in [0.25, 0.3) is 5.91 Å². The van der Waals surface area contributed by atoms with Crippen molar-refractivity contribution in [1.29, 1.82) is 0 Å². The van der Waals surface area contributed by atoms with Gasteiger partial charge in [-0.15, -0.1) is 0 Å². The molecule has 4 nitrogen and oxygen atoms in total. The molecule has 2 heterocycles. The highest BCUT2D eigenvalue weighted by atomic mass is 16.1. The summed E-state index contributed by atoms with van der Waals surface area (Å²) in [6.45, 7) is 0.661. The first-order chi connectivity index (χ1) is 11.8. The number of carbonyl (C=O) groups excluding carboxylic acids is 1. The van der Waals surface area contributed by atoms with E-state index in [0.717, 1.165) is 18.0 Å². The van der Waals surface area contributed by atoms with Gasteiger partial charge < -0.3 is 5.32 Å². The van der Waals surface area contributed by atoms with Gasteiger partial charge in [-0.1, -0.05) is 49.2 Å². The quantitative estimate of drug-likeness (QED) is 0.756. The largest absolute Gasteiger partial charge is 0.350 e. The lowest BCUT2D eigenvalue weighted by molar-refractivity contribution is 0.0944. The summed E-state index contributed by atoms with van der Waals surface area (Å²) >= 11 is 0. The van der Waals surface area contributed by atoms with Gasteiger partial charge in [0, 0.05) is 18.7 Å². The zero-order valence-corrected chi connectivity index (χ0v) is 13.5. The Hall–Kier alpha value is -2.62. The molecule has 1 fully saturated rings. The first-order valence-electron chi connectivity index (χ1n) is 8.48. The molecule has 0 saturated heterocycles. The molecule has 1 unspecified atom stereocenters. The number of aromatic nitrogens is 2. The summed E-state index contributed by atoms with van der Waals surface area (Å²) in [5.74, 6) is 1.12. The Balaban J connectivity index is 1.49. The standard InChI is InChI=1S/C20H20N3O/c24-20(18-7-4-8-19-21-11-12-23(18)19)22-14-17(13-15-9-10-15)16-5-2-1-3-6-16/h1-8,12,15,17H,9-10,13-14H2,(H,22,24). The zero-order chi connectivity index (χ0) is 16.4. The van der Waals surface area contributed by atoms with Crippen LogP contribution in [0.2, 0.25) is 0 Å². The topological polar surface area (TPSA) is 46.4 Å². The molecule has 121 valence electrons. The minimum atomic E-state index is -0.0660. The maximum absolute atomic E-state index is 12.6. The number of pyridine rings is 1. The summed E-state index contributed by atoms with van der Waals surface area (Å²) < 4.78 is 1.77. The molecule has 0 aliphatic heterocycles. The second kappa shape index (κ2) is 6.48. The molecule has 1 aliphatic rings. The lowest BCUT2D eigenvalue weighted by Gasteiger charge is -2.18. The molecule has 4 rings (SSSR count). The molecule has 1 saturated carbocycles. The Kier molecular flexibility index (Phi) is 4.03. The van der Waals surface area contributed by atoms with Crippen LogP contribution in [-0.2, 0) is 0 Å². The van der Waals surface area contributed by atoms with E-state index < -0.39 is 0 Å². The van der Waals surface area contributed by atoms with E-state index in [-0.39, 0.29) is 5.91 Å². The van der Waals surface area contributed by atoms with E-state index in [1.165, 1.54) is 18.4 Å². The van der Waals surface area contributed by atoms with Crippen LogP contribution in [0.25, 0.3) is 5.65 Å². The van der Waals surface area contributed by atoms with Gasteiger partial charge in [0.15, 0.2) is 0 Å². The Morgan fingerprint density at radius 2 is 2.04 bits per heavy atom. The molecule has 24 heavy (non-hydrogen) atoms. The molecular formula is C20H20N3O. The van der Waals surface area contributed by atoms with Crippen LogP contribution in [0.4, 0.5) is 0 Å². The number of benzene rings is 1. The van der Waals surface area contributed by atoms with Crippen molar-refractivity contribution in [2.45, 2.75) is 25.2 Å².